The fourth-order valence-electron chi connectivity index (χ4n) is 1.18. The summed E-state index contributed by atoms with van der Waals surface area (Å²) in [6.07, 6.45) is 5.51. The lowest BCUT2D eigenvalue weighted by atomic mass is 10.2. The summed E-state index contributed by atoms with van der Waals surface area (Å²) in [5.41, 5.74) is 1.22. The van der Waals surface area contributed by atoms with Crippen molar-refractivity contribution in [2.75, 3.05) is 0 Å². The van der Waals surface area contributed by atoms with Gasteiger partial charge in [-0.25, -0.2) is 14.6 Å². The summed E-state index contributed by atoms with van der Waals surface area (Å²) in [5.74, 6) is -3.65. The molecule has 0 amide bonds. The van der Waals surface area contributed by atoms with E-state index in [4.69, 9.17) is 31.4 Å². The largest absolute Gasteiger partial charge is 0.473 e. The molecule has 0 radical (unpaired) electrons. The van der Waals surface area contributed by atoms with E-state index in [1.165, 1.54) is 5.56 Å². The first-order chi connectivity index (χ1) is 8.99. The summed E-state index contributed by atoms with van der Waals surface area (Å²) in [6, 6.07) is 7.83. The molecule has 2 aromatic rings. The minimum Gasteiger partial charge on any atom is -0.473 e. The van der Waals surface area contributed by atoms with Crippen molar-refractivity contribution in [3.8, 4) is 0 Å². The lowest BCUT2D eigenvalue weighted by molar-refractivity contribution is -0.159. The maximum absolute atomic E-state index is 9.10. The Labute approximate surface area is 113 Å². The van der Waals surface area contributed by atoms with Gasteiger partial charge in [0.25, 0.3) is 0 Å². The van der Waals surface area contributed by atoms with Crippen molar-refractivity contribution in [3.63, 3.8) is 0 Å². The highest BCUT2D eigenvalue weighted by molar-refractivity contribution is 6.30. The first-order valence-electron chi connectivity index (χ1n) is 5.15. The standard InChI is InChI=1S/C10H9ClN2.C2H2O4/c11-10-3-1-9(2-4-10)7-13-6-5-12-8-13;3-1(4)2(5)6/h1-6,8H,7H2;(H,3,4)(H,5,6). The normalized spacial score (nSPS) is 9.32. The second-order valence-electron chi connectivity index (χ2n) is 3.47. The number of aromatic nitrogens is 2. The van der Waals surface area contributed by atoms with Gasteiger partial charge in [-0.2, -0.15) is 0 Å². The summed E-state index contributed by atoms with van der Waals surface area (Å²) >= 11 is 5.77. The van der Waals surface area contributed by atoms with Crippen LogP contribution in [-0.4, -0.2) is 31.7 Å². The van der Waals surface area contributed by atoms with Gasteiger partial charge in [0, 0.05) is 24.0 Å². The van der Waals surface area contributed by atoms with Crippen molar-refractivity contribution in [3.05, 3.63) is 53.6 Å². The molecule has 0 aliphatic rings. The van der Waals surface area contributed by atoms with Crippen LogP contribution in [0.5, 0.6) is 0 Å². The Hall–Kier alpha value is -2.34. The molecule has 6 nitrogen and oxygen atoms in total. The van der Waals surface area contributed by atoms with Crippen LogP contribution in [0, 0.1) is 0 Å². The smallest absolute Gasteiger partial charge is 0.414 e. The molecule has 19 heavy (non-hydrogen) atoms. The topological polar surface area (TPSA) is 92.4 Å². The Kier molecular flexibility index (Phi) is 5.56. The third-order valence-electron chi connectivity index (χ3n) is 2.02. The summed E-state index contributed by atoms with van der Waals surface area (Å²) in [6.45, 7) is 0.844. The molecule has 2 N–H and O–H groups in total. The molecular weight excluding hydrogens is 272 g/mol. The number of carboxylic acids is 2. The SMILES string of the molecule is Clc1ccc(Cn2ccnc2)cc1.O=C(O)C(=O)O. The first kappa shape index (κ1) is 14.7. The summed E-state index contributed by atoms with van der Waals surface area (Å²) in [7, 11) is 0. The molecule has 0 saturated heterocycles. The van der Waals surface area contributed by atoms with E-state index in [9.17, 15) is 0 Å². The minimum absolute atomic E-state index is 0.773. The number of carbonyl (C=O) groups is 2. The molecule has 0 aliphatic heterocycles. The number of carboxylic acid groups (broad SMARTS) is 2. The maximum atomic E-state index is 9.10. The Morgan fingerprint density at radius 2 is 1.74 bits per heavy atom. The van der Waals surface area contributed by atoms with E-state index in [0.717, 1.165) is 11.6 Å². The van der Waals surface area contributed by atoms with Crippen molar-refractivity contribution in [1.29, 1.82) is 0 Å². The van der Waals surface area contributed by atoms with Gasteiger partial charge >= 0.3 is 11.9 Å². The van der Waals surface area contributed by atoms with Gasteiger partial charge < -0.3 is 14.8 Å². The molecule has 0 spiro atoms. The molecule has 0 saturated carbocycles. The van der Waals surface area contributed by atoms with E-state index < -0.39 is 11.9 Å². The number of hydrogen-bond donors (Lipinski definition) is 2. The second kappa shape index (κ2) is 7.17. The molecule has 7 heteroatoms. The number of nitrogens with zero attached hydrogens (tertiary/aromatic N) is 2. The Morgan fingerprint density at radius 1 is 1.16 bits per heavy atom. The van der Waals surface area contributed by atoms with Gasteiger partial charge in [-0.15, -0.1) is 0 Å². The molecule has 1 aromatic heterocycles. The predicted molar refractivity (Wildman–Crippen MR) is 68.1 cm³/mol. The molecule has 100 valence electrons. The monoisotopic (exact) mass is 282 g/mol. The van der Waals surface area contributed by atoms with Crippen LogP contribution in [0.15, 0.2) is 43.0 Å². The number of halogens is 1. The number of benzene rings is 1. The van der Waals surface area contributed by atoms with E-state index >= 15 is 0 Å². The Bertz CT molecular complexity index is 525. The number of imidazole rings is 1. The van der Waals surface area contributed by atoms with E-state index in [1.807, 2.05) is 35.0 Å². The van der Waals surface area contributed by atoms with Gasteiger partial charge in [-0.05, 0) is 17.7 Å². The Morgan fingerprint density at radius 3 is 2.16 bits per heavy atom. The van der Waals surface area contributed by atoms with Gasteiger partial charge in [0.05, 0.1) is 6.33 Å². The van der Waals surface area contributed by atoms with Crippen LogP contribution >= 0.6 is 11.6 Å². The van der Waals surface area contributed by atoms with Crippen LogP contribution in [0.25, 0.3) is 0 Å². The molecule has 0 bridgehead atoms. The van der Waals surface area contributed by atoms with Gasteiger partial charge in [0.1, 0.15) is 0 Å². The zero-order valence-corrected chi connectivity index (χ0v) is 10.5. The minimum atomic E-state index is -1.82. The summed E-state index contributed by atoms with van der Waals surface area (Å²) in [5, 5.41) is 15.6. The highest BCUT2D eigenvalue weighted by Crippen LogP contribution is 2.10. The van der Waals surface area contributed by atoms with Gasteiger partial charge in [-0.1, -0.05) is 23.7 Å². The predicted octanol–water partition coefficient (Wildman–Crippen LogP) is 1.74. The second-order valence-corrected chi connectivity index (χ2v) is 3.91. The van der Waals surface area contributed by atoms with Crippen molar-refractivity contribution >= 4 is 23.5 Å². The van der Waals surface area contributed by atoms with E-state index in [0.29, 0.717) is 0 Å². The zero-order chi connectivity index (χ0) is 14.3. The van der Waals surface area contributed by atoms with Crippen molar-refractivity contribution in [2.45, 2.75) is 6.54 Å². The highest BCUT2D eigenvalue weighted by atomic mass is 35.5. The first-order valence-corrected chi connectivity index (χ1v) is 5.53. The molecule has 0 unspecified atom stereocenters. The lowest BCUT2D eigenvalue weighted by Crippen LogP contribution is -2.09. The quantitative estimate of drug-likeness (QED) is 0.819. The third kappa shape index (κ3) is 5.69. The zero-order valence-electron chi connectivity index (χ0n) is 9.73. The van der Waals surface area contributed by atoms with Crippen molar-refractivity contribution in [2.24, 2.45) is 0 Å². The maximum Gasteiger partial charge on any atom is 0.414 e. The molecule has 2 rings (SSSR count). The molecule has 0 aliphatic carbocycles. The van der Waals surface area contributed by atoms with Gasteiger partial charge in [-0.3, -0.25) is 0 Å². The lowest BCUT2D eigenvalue weighted by Gasteiger charge is -2.01. The number of hydrogen-bond acceptors (Lipinski definition) is 3. The van der Waals surface area contributed by atoms with E-state index in [-0.39, 0.29) is 0 Å². The molecule has 1 aromatic carbocycles. The van der Waals surface area contributed by atoms with E-state index in [1.54, 1.807) is 12.5 Å². The van der Waals surface area contributed by atoms with Crippen LogP contribution in [0.4, 0.5) is 0 Å². The van der Waals surface area contributed by atoms with Crippen LogP contribution in [-0.2, 0) is 16.1 Å². The Balaban J connectivity index is 0.000000258. The summed E-state index contributed by atoms with van der Waals surface area (Å²) < 4.78 is 2.02. The number of rotatable bonds is 2. The van der Waals surface area contributed by atoms with Crippen LogP contribution in [0.2, 0.25) is 5.02 Å². The molecular formula is C12H11ClN2O4. The fourth-order valence-corrected chi connectivity index (χ4v) is 1.31. The highest BCUT2D eigenvalue weighted by Gasteiger charge is 2.04. The van der Waals surface area contributed by atoms with Crippen LogP contribution < -0.4 is 0 Å². The van der Waals surface area contributed by atoms with Crippen molar-refractivity contribution in [1.82, 2.24) is 9.55 Å². The van der Waals surface area contributed by atoms with Gasteiger partial charge in [0.2, 0.25) is 0 Å². The van der Waals surface area contributed by atoms with Crippen LogP contribution in [0.1, 0.15) is 5.56 Å². The average Bonchev–Trinajstić information content (AvgIpc) is 2.85. The average molecular weight is 283 g/mol. The van der Waals surface area contributed by atoms with E-state index in [2.05, 4.69) is 4.98 Å². The van der Waals surface area contributed by atoms with Crippen molar-refractivity contribution < 1.29 is 19.8 Å². The molecule has 0 atom stereocenters. The fraction of sp³-hybridized carbons (Fsp3) is 0.0833. The van der Waals surface area contributed by atoms with Crippen LogP contribution in [0.3, 0.4) is 0 Å². The number of aliphatic carboxylic acids is 2. The summed E-state index contributed by atoms with van der Waals surface area (Å²) in [4.78, 5) is 22.2. The molecule has 1 heterocycles. The van der Waals surface area contributed by atoms with Gasteiger partial charge in [0.15, 0.2) is 0 Å². The molecule has 0 fully saturated rings. The third-order valence-corrected chi connectivity index (χ3v) is 2.27.